The number of carbonyl (C=O) groups is 1. The predicted octanol–water partition coefficient (Wildman–Crippen LogP) is 1.79. The van der Waals surface area contributed by atoms with E-state index in [0.717, 1.165) is 4.47 Å². The number of carbonyl (C=O) groups excluding carboxylic acids is 1. The zero-order chi connectivity index (χ0) is 12.2. The largest absolute Gasteiger partial charge is 0.465 e. The summed E-state index contributed by atoms with van der Waals surface area (Å²) in [6.45, 7) is 1.12. The summed E-state index contributed by atoms with van der Waals surface area (Å²) in [4.78, 5) is 10.7. The van der Waals surface area contributed by atoms with Gasteiger partial charge in [-0.2, -0.15) is 0 Å². The minimum absolute atomic E-state index is 0.117. The highest BCUT2D eigenvalue weighted by Crippen LogP contribution is 2.15. The molecule has 88 valence electrons. The summed E-state index contributed by atoms with van der Waals surface area (Å²) in [5.41, 5.74) is 0. The molecule has 0 bridgehead atoms. The molecule has 0 amide bonds. The van der Waals surface area contributed by atoms with Gasteiger partial charge in [0.25, 0.3) is 0 Å². The van der Waals surface area contributed by atoms with E-state index in [2.05, 4.69) is 20.7 Å². The van der Waals surface area contributed by atoms with Crippen molar-refractivity contribution in [1.82, 2.24) is 0 Å². The highest BCUT2D eigenvalue weighted by Gasteiger charge is 2.14. The second kappa shape index (κ2) is 5.45. The minimum atomic E-state index is -3.37. The van der Waals surface area contributed by atoms with Gasteiger partial charge in [0.15, 0.2) is 9.84 Å². The summed E-state index contributed by atoms with van der Waals surface area (Å²) in [5.74, 6) is -0.681. The van der Waals surface area contributed by atoms with Crippen molar-refractivity contribution >= 4 is 31.7 Å². The third-order valence-electron chi connectivity index (χ3n) is 1.83. The summed E-state index contributed by atoms with van der Waals surface area (Å²) < 4.78 is 28.8. The number of benzene rings is 1. The third kappa shape index (κ3) is 3.94. The van der Waals surface area contributed by atoms with Crippen molar-refractivity contribution in [3.8, 4) is 0 Å². The highest BCUT2D eigenvalue weighted by atomic mass is 79.9. The number of hydrogen-bond acceptors (Lipinski definition) is 4. The zero-order valence-corrected chi connectivity index (χ0v) is 11.0. The van der Waals surface area contributed by atoms with Crippen molar-refractivity contribution in [3.63, 3.8) is 0 Å². The molecule has 0 saturated carbocycles. The summed E-state index contributed by atoms with van der Waals surface area (Å²) in [6, 6.07) is 6.32. The van der Waals surface area contributed by atoms with Gasteiger partial charge in [-0.05, 0) is 24.3 Å². The predicted molar refractivity (Wildman–Crippen MR) is 62.8 cm³/mol. The molecular weight excluding hydrogens is 296 g/mol. The molecule has 1 aromatic rings. The summed E-state index contributed by atoms with van der Waals surface area (Å²) in [5, 5.41) is 0. The quantitative estimate of drug-likeness (QED) is 0.796. The monoisotopic (exact) mass is 306 g/mol. The molecule has 0 aliphatic rings. The van der Waals surface area contributed by atoms with Crippen LogP contribution in [0.4, 0.5) is 0 Å². The highest BCUT2D eigenvalue weighted by molar-refractivity contribution is 9.10. The SMILES string of the molecule is CC(=O)OCCS(=O)(=O)c1ccc(Br)cc1. The lowest BCUT2D eigenvalue weighted by molar-refractivity contribution is -0.140. The van der Waals surface area contributed by atoms with E-state index in [4.69, 9.17) is 0 Å². The first-order valence-electron chi connectivity index (χ1n) is 4.53. The fourth-order valence-corrected chi connectivity index (χ4v) is 2.41. The average Bonchev–Trinajstić information content (AvgIpc) is 2.17. The van der Waals surface area contributed by atoms with Crippen molar-refractivity contribution in [3.05, 3.63) is 28.7 Å². The fourth-order valence-electron chi connectivity index (χ4n) is 1.05. The van der Waals surface area contributed by atoms with E-state index >= 15 is 0 Å². The van der Waals surface area contributed by atoms with Crippen LogP contribution in [-0.2, 0) is 19.4 Å². The Labute approximate surface area is 103 Å². The van der Waals surface area contributed by atoms with Crippen LogP contribution in [-0.4, -0.2) is 26.7 Å². The first kappa shape index (κ1) is 13.2. The van der Waals surface area contributed by atoms with E-state index in [9.17, 15) is 13.2 Å². The van der Waals surface area contributed by atoms with Crippen LogP contribution in [0.15, 0.2) is 33.6 Å². The summed E-state index contributed by atoms with van der Waals surface area (Å²) >= 11 is 3.22. The molecule has 0 spiro atoms. The van der Waals surface area contributed by atoms with E-state index in [1.54, 1.807) is 12.1 Å². The van der Waals surface area contributed by atoms with Gasteiger partial charge in [0.05, 0.1) is 10.6 Å². The topological polar surface area (TPSA) is 60.4 Å². The van der Waals surface area contributed by atoms with Crippen LogP contribution in [0, 0.1) is 0 Å². The number of halogens is 1. The van der Waals surface area contributed by atoms with Crippen molar-refractivity contribution < 1.29 is 17.9 Å². The number of sulfone groups is 1. The molecule has 0 N–H and O–H groups in total. The lowest BCUT2D eigenvalue weighted by atomic mass is 10.4. The standard InChI is InChI=1S/C10H11BrO4S/c1-8(12)15-6-7-16(13,14)10-4-2-9(11)3-5-10/h2-5H,6-7H2,1H3. The van der Waals surface area contributed by atoms with Gasteiger partial charge < -0.3 is 4.74 Å². The fraction of sp³-hybridized carbons (Fsp3) is 0.300. The molecule has 16 heavy (non-hydrogen) atoms. The van der Waals surface area contributed by atoms with E-state index in [1.165, 1.54) is 19.1 Å². The Morgan fingerprint density at radius 2 is 1.88 bits per heavy atom. The maximum atomic E-state index is 11.7. The molecule has 4 nitrogen and oxygen atoms in total. The van der Waals surface area contributed by atoms with E-state index < -0.39 is 15.8 Å². The van der Waals surface area contributed by atoms with Gasteiger partial charge >= 0.3 is 5.97 Å². The summed E-state index contributed by atoms with van der Waals surface area (Å²) in [7, 11) is -3.37. The van der Waals surface area contributed by atoms with Gasteiger partial charge in [-0.15, -0.1) is 0 Å². The van der Waals surface area contributed by atoms with Gasteiger partial charge in [-0.1, -0.05) is 15.9 Å². The van der Waals surface area contributed by atoms with Crippen molar-refractivity contribution in [2.45, 2.75) is 11.8 Å². The zero-order valence-electron chi connectivity index (χ0n) is 8.64. The van der Waals surface area contributed by atoms with Crippen LogP contribution >= 0.6 is 15.9 Å². The number of esters is 1. The third-order valence-corrected chi connectivity index (χ3v) is 4.05. The van der Waals surface area contributed by atoms with Crippen molar-refractivity contribution in [2.24, 2.45) is 0 Å². The van der Waals surface area contributed by atoms with E-state index in [-0.39, 0.29) is 17.3 Å². The van der Waals surface area contributed by atoms with Gasteiger partial charge in [-0.25, -0.2) is 8.42 Å². The van der Waals surface area contributed by atoms with Gasteiger partial charge in [0, 0.05) is 11.4 Å². The first-order chi connectivity index (χ1) is 7.42. The molecule has 0 saturated heterocycles. The van der Waals surface area contributed by atoms with Crippen molar-refractivity contribution in [2.75, 3.05) is 12.4 Å². The maximum absolute atomic E-state index is 11.7. The molecule has 0 unspecified atom stereocenters. The average molecular weight is 307 g/mol. The van der Waals surface area contributed by atoms with Crippen LogP contribution in [0.2, 0.25) is 0 Å². The molecule has 6 heteroatoms. The maximum Gasteiger partial charge on any atom is 0.302 e. The minimum Gasteiger partial charge on any atom is -0.465 e. The Kier molecular flexibility index (Phi) is 4.49. The number of ether oxygens (including phenoxy) is 1. The smallest absolute Gasteiger partial charge is 0.302 e. The van der Waals surface area contributed by atoms with E-state index in [0.29, 0.717) is 0 Å². The molecule has 1 aromatic carbocycles. The lowest BCUT2D eigenvalue weighted by Gasteiger charge is -2.04. The first-order valence-corrected chi connectivity index (χ1v) is 6.98. The second-order valence-corrected chi connectivity index (χ2v) is 6.14. The number of hydrogen-bond donors (Lipinski definition) is 0. The van der Waals surface area contributed by atoms with Crippen LogP contribution in [0.3, 0.4) is 0 Å². The van der Waals surface area contributed by atoms with Crippen LogP contribution in [0.25, 0.3) is 0 Å². The molecular formula is C10H11BrO4S. The molecule has 0 atom stereocenters. The number of rotatable bonds is 4. The molecule has 0 heterocycles. The summed E-state index contributed by atoms with van der Waals surface area (Å²) in [6.07, 6.45) is 0. The normalized spacial score (nSPS) is 11.1. The van der Waals surface area contributed by atoms with Crippen LogP contribution in [0.1, 0.15) is 6.92 Å². The lowest BCUT2D eigenvalue weighted by Crippen LogP contribution is -2.14. The molecule has 1 rings (SSSR count). The molecule has 0 radical (unpaired) electrons. The molecule has 0 aromatic heterocycles. The van der Waals surface area contributed by atoms with Gasteiger partial charge in [-0.3, -0.25) is 4.79 Å². The van der Waals surface area contributed by atoms with Gasteiger partial charge in [0.1, 0.15) is 6.61 Å². The molecule has 0 aliphatic carbocycles. The Hall–Kier alpha value is -0.880. The Bertz CT molecular complexity index is 464. The van der Waals surface area contributed by atoms with Crippen LogP contribution < -0.4 is 0 Å². The Morgan fingerprint density at radius 1 is 1.31 bits per heavy atom. The van der Waals surface area contributed by atoms with Crippen molar-refractivity contribution in [1.29, 1.82) is 0 Å². The molecule has 0 aliphatic heterocycles. The second-order valence-electron chi connectivity index (χ2n) is 3.11. The van der Waals surface area contributed by atoms with E-state index in [1.807, 2.05) is 0 Å². The van der Waals surface area contributed by atoms with Crippen LogP contribution in [0.5, 0.6) is 0 Å². The van der Waals surface area contributed by atoms with Gasteiger partial charge in [0.2, 0.25) is 0 Å². The Balaban J connectivity index is 2.71. The Morgan fingerprint density at radius 3 is 2.38 bits per heavy atom. The molecule has 0 fully saturated rings.